The van der Waals surface area contributed by atoms with Crippen molar-refractivity contribution in [1.82, 2.24) is 19.9 Å². The van der Waals surface area contributed by atoms with Crippen molar-refractivity contribution in [2.75, 3.05) is 0 Å². The molecule has 2 aliphatic heterocycles. The van der Waals surface area contributed by atoms with Gasteiger partial charge in [0.25, 0.3) is 0 Å². The van der Waals surface area contributed by atoms with Gasteiger partial charge in [0, 0.05) is 22.2 Å². The Balaban J connectivity index is 1.51. The predicted molar refractivity (Wildman–Crippen MR) is 189 cm³/mol. The van der Waals surface area contributed by atoms with Gasteiger partial charge in [-0.1, -0.05) is 78.4 Å². The van der Waals surface area contributed by atoms with Crippen molar-refractivity contribution in [3.8, 4) is 33.8 Å². The Bertz CT molecular complexity index is 2260. The molecule has 216 valence electrons. The summed E-state index contributed by atoms with van der Waals surface area (Å²) in [5, 5.41) is 0. The monoisotopic (exact) mass is 646 g/mol. The zero-order valence-corrected chi connectivity index (χ0v) is 26.0. The van der Waals surface area contributed by atoms with E-state index in [1.807, 2.05) is 54.6 Å². The number of aromatic nitrogens is 4. The number of fused-ring (bicyclic) bond motifs is 8. The van der Waals surface area contributed by atoms with E-state index < -0.39 is 0 Å². The van der Waals surface area contributed by atoms with Crippen LogP contribution in [0.25, 0.3) is 68.6 Å². The van der Waals surface area contributed by atoms with Gasteiger partial charge >= 0.3 is 0 Å². The number of benzene rings is 3. The first kappa shape index (κ1) is 27.1. The molecular weight excluding hydrogens is 620 g/mol. The summed E-state index contributed by atoms with van der Waals surface area (Å²) in [6, 6.07) is 37.1. The van der Waals surface area contributed by atoms with E-state index in [1.54, 1.807) is 0 Å². The number of hydrogen-bond donors (Lipinski definition) is 2. The van der Waals surface area contributed by atoms with Crippen molar-refractivity contribution in [2.45, 2.75) is 6.92 Å². The summed E-state index contributed by atoms with van der Waals surface area (Å²) < 4.78 is 7.52. The van der Waals surface area contributed by atoms with Gasteiger partial charge in [-0.3, -0.25) is 0 Å². The zero-order chi connectivity index (χ0) is 30.3. The van der Waals surface area contributed by atoms with Gasteiger partial charge in [0.1, 0.15) is 11.4 Å². The van der Waals surface area contributed by atoms with Gasteiger partial charge in [-0.25, -0.2) is 9.97 Å². The third-order valence-electron chi connectivity index (χ3n) is 8.01. The molecule has 0 saturated carbocycles. The highest BCUT2D eigenvalue weighted by molar-refractivity contribution is 9.10. The summed E-state index contributed by atoms with van der Waals surface area (Å²) in [6.07, 6.45) is 8.21. The molecule has 0 amide bonds. The van der Waals surface area contributed by atoms with Crippen LogP contribution in [0.1, 0.15) is 28.3 Å². The molecule has 8 rings (SSSR count). The smallest absolute Gasteiger partial charge is 0.176 e. The standard InChI is InChI=1S/C39H27BrN4O/c1-24-12-14-27(15-13-24)45-39-34-22-18-30(43-34)36(25-8-4-2-5-9-25)28-16-20-32(41-28)38(40)33-21-17-29(42-33)37(26-10-6-3-7-11-26)31-19-23-35(39)44-31/h2-23,41,44H,1H3. The van der Waals surface area contributed by atoms with Gasteiger partial charge in [-0.15, -0.1) is 0 Å². The van der Waals surface area contributed by atoms with Gasteiger partial charge in [-0.05, 0) is 94.7 Å². The average molecular weight is 648 g/mol. The second kappa shape index (κ2) is 11.2. The Morgan fingerprint density at radius 3 is 1.62 bits per heavy atom. The lowest BCUT2D eigenvalue weighted by Crippen LogP contribution is -1.90. The lowest BCUT2D eigenvalue weighted by atomic mass is 10.0. The van der Waals surface area contributed by atoms with Crippen LogP contribution in [0.4, 0.5) is 0 Å². The van der Waals surface area contributed by atoms with Crippen LogP contribution in [0.3, 0.4) is 0 Å². The van der Waals surface area contributed by atoms with Crippen LogP contribution >= 0.6 is 15.9 Å². The molecule has 0 radical (unpaired) electrons. The molecule has 5 heterocycles. The number of H-pyrrole nitrogens is 2. The maximum Gasteiger partial charge on any atom is 0.176 e. The van der Waals surface area contributed by atoms with E-state index in [-0.39, 0.29) is 0 Å². The quantitative estimate of drug-likeness (QED) is 0.200. The van der Waals surface area contributed by atoms with Crippen LogP contribution in [0.2, 0.25) is 0 Å². The summed E-state index contributed by atoms with van der Waals surface area (Å²) >= 11 is 3.85. The van der Waals surface area contributed by atoms with Gasteiger partial charge in [0.05, 0.1) is 32.6 Å². The Morgan fingerprint density at radius 2 is 1.00 bits per heavy atom. The Hall–Kier alpha value is -5.46. The molecule has 2 aliphatic rings. The Labute approximate surface area is 268 Å². The number of rotatable bonds is 4. The molecular formula is C39H27BrN4O. The minimum absolute atomic E-state index is 0.641. The number of nitrogens with zero attached hydrogens (tertiary/aromatic N) is 2. The molecule has 0 fully saturated rings. The van der Waals surface area contributed by atoms with Gasteiger partial charge in [-0.2, -0.15) is 0 Å². The summed E-state index contributed by atoms with van der Waals surface area (Å²) in [7, 11) is 0. The van der Waals surface area contributed by atoms with Crippen molar-refractivity contribution < 1.29 is 4.74 Å². The normalized spacial score (nSPS) is 12.0. The predicted octanol–water partition coefficient (Wildman–Crippen LogP) is 10.9. The maximum atomic E-state index is 6.63. The minimum Gasteiger partial charge on any atom is -0.453 e. The highest BCUT2D eigenvalue weighted by atomic mass is 79.9. The van der Waals surface area contributed by atoms with Crippen molar-refractivity contribution >= 4 is 62.3 Å². The highest BCUT2D eigenvalue weighted by Crippen LogP contribution is 2.37. The SMILES string of the molecule is Cc1ccc(Oc2c3nc(c(-c4ccccc4)c4ccc([nH]4)c(Br)c4nc(c(-c5ccccc5)c5ccc2[nH]5)C=C4)C=C3)cc1. The number of nitrogens with one attached hydrogen (secondary N) is 2. The summed E-state index contributed by atoms with van der Waals surface area (Å²) in [4.78, 5) is 17.6. The van der Waals surface area contributed by atoms with Crippen LogP contribution in [0.5, 0.6) is 11.5 Å². The van der Waals surface area contributed by atoms with E-state index in [9.17, 15) is 0 Å². The molecule has 0 spiro atoms. The molecule has 3 aromatic carbocycles. The number of aromatic amines is 2. The number of ether oxygens (including phenoxy) is 1. The van der Waals surface area contributed by atoms with Crippen molar-refractivity contribution in [2.24, 2.45) is 0 Å². The van der Waals surface area contributed by atoms with E-state index in [4.69, 9.17) is 14.7 Å². The third-order valence-corrected chi connectivity index (χ3v) is 8.84. The summed E-state index contributed by atoms with van der Waals surface area (Å²) in [6.45, 7) is 2.07. The second-order valence-corrected chi connectivity index (χ2v) is 11.8. The minimum atomic E-state index is 0.641. The molecule has 0 unspecified atom stereocenters. The molecule has 3 aromatic heterocycles. The molecule has 2 N–H and O–H groups in total. The van der Waals surface area contributed by atoms with Crippen molar-refractivity contribution in [3.05, 3.63) is 142 Å². The highest BCUT2D eigenvalue weighted by Gasteiger charge is 2.18. The topological polar surface area (TPSA) is 66.6 Å². The first-order valence-corrected chi connectivity index (χ1v) is 15.6. The zero-order valence-electron chi connectivity index (χ0n) is 24.4. The fourth-order valence-corrected chi connectivity index (χ4v) is 6.25. The van der Waals surface area contributed by atoms with Gasteiger partial charge < -0.3 is 14.7 Å². The van der Waals surface area contributed by atoms with Crippen LogP contribution < -0.4 is 4.74 Å². The van der Waals surface area contributed by atoms with Crippen LogP contribution in [-0.2, 0) is 0 Å². The fourth-order valence-electron chi connectivity index (χ4n) is 5.79. The van der Waals surface area contributed by atoms with E-state index in [1.165, 1.54) is 5.56 Å². The summed E-state index contributed by atoms with van der Waals surface area (Å²) in [5.41, 5.74) is 12.2. The Kier molecular flexibility index (Phi) is 6.77. The van der Waals surface area contributed by atoms with Crippen molar-refractivity contribution in [1.29, 1.82) is 0 Å². The number of aryl methyl sites for hydroxylation is 1. The van der Waals surface area contributed by atoms with Crippen LogP contribution in [-0.4, -0.2) is 19.9 Å². The average Bonchev–Trinajstić information content (AvgIpc) is 3.90. The van der Waals surface area contributed by atoms with Crippen molar-refractivity contribution in [3.63, 3.8) is 0 Å². The fraction of sp³-hybridized carbons (Fsp3) is 0.0256. The first-order chi connectivity index (χ1) is 22.1. The lowest BCUT2D eigenvalue weighted by molar-refractivity contribution is 0.484. The van der Waals surface area contributed by atoms with E-state index >= 15 is 0 Å². The van der Waals surface area contributed by atoms with E-state index in [0.29, 0.717) is 5.75 Å². The summed E-state index contributed by atoms with van der Waals surface area (Å²) in [5.74, 6) is 1.38. The number of halogens is 1. The van der Waals surface area contributed by atoms with Crippen LogP contribution in [0, 0.1) is 6.92 Å². The molecule has 6 aromatic rings. The molecule has 6 heteroatoms. The van der Waals surface area contributed by atoms with Gasteiger partial charge in [0.2, 0.25) is 0 Å². The number of hydrogen-bond acceptors (Lipinski definition) is 3. The molecule has 0 saturated heterocycles. The molecule has 0 aliphatic carbocycles. The molecule has 45 heavy (non-hydrogen) atoms. The van der Waals surface area contributed by atoms with Gasteiger partial charge in [0.15, 0.2) is 5.75 Å². The first-order valence-electron chi connectivity index (χ1n) is 14.8. The maximum absolute atomic E-state index is 6.63. The Morgan fingerprint density at radius 1 is 0.511 bits per heavy atom. The van der Waals surface area contributed by atoms with E-state index in [0.717, 1.165) is 77.3 Å². The third kappa shape index (κ3) is 5.09. The van der Waals surface area contributed by atoms with E-state index in [2.05, 4.69) is 112 Å². The largest absolute Gasteiger partial charge is 0.453 e. The van der Waals surface area contributed by atoms with Crippen LogP contribution in [0.15, 0.2) is 114 Å². The molecule has 8 bridgehead atoms. The molecule has 5 nitrogen and oxygen atoms in total. The molecule has 0 atom stereocenters. The second-order valence-electron chi connectivity index (χ2n) is 11.0. The lowest BCUT2D eigenvalue weighted by Gasteiger charge is -2.08.